The molecule has 1 N–H and O–H groups in total. The van der Waals surface area contributed by atoms with Crippen LogP contribution in [0, 0.1) is 0 Å². The smallest absolute Gasteiger partial charge is 0.301 e. The fraction of sp³-hybridized carbons (Fsp3) is 0.571. The van der Waals surface area contributed by atoms with Gasteiger partial charge in [-0.3, -0.25) is 9.73 Å². The topological polar surface area (TPSA) is 95.8 Å². The summed E-state index contributed by atoms with van der Waals surface area (Å²) >= 11 is 0. The van der Waals surface area contributed by atoms with E-state index in [1.54, 1.807) is 29.3 Å². The highest BCUT2D eigenvalue weighted by atomic mass is 32.2. The summed E-state index contributed by atoms with van der Waals surface area (Å²) in [4.78, 5) is 0. The molecule has 9 nitrogen and oxygen atoms in total. The van der Waals surface area contributed by atoms with Crippen molar-refractivity contribution in [2.75, 3.05) is 57.3 Å². The Morgan fingerprint density at radius 1 is 0.958 bits per heavy atom. The molecule has 1 aromatic carbocycles. The molecule has 2 fully saturated rings. The normalized spacial score (nSPS) is 20.4. The van der Waals surface area contributed by atoms with Gasteiger partial charge in [0.15, 0.2) is 0 Å². The predicted octanol–water partition coefficient (Wildman–Crippen LogP) is 1.01. The molecule has 0 aliphatic carbocycles. The maximum absolute atomic E-state index is 12.5. The van der Waals surface area contributed by atoms with Gasteiger partial charge in [0.1, 0.15) is 5.69 Å². The molecule has 0 saturated carbocycles. The lowest BCUT2D eigenvalue weighted by Crippen LogP contribution is -2.43. The van der Waals surface area contributed by atoms with Crippen molar-refractivity contribution in [3.8, 4) is 0 Å². The molecule has 2 heterocycles. The third-order valence-electron chi connectivity index (χ3n) is 3.72. The lowest BCUT2D eigenvalue weighted by molar-refractivity contribution is 0.0354. The average molecular weight is 355 g/mol. The lowest BCUT2D eigenvalue weighted by atomic mass is 10.3. The summed E-state index contributed by atoms with van der Waals surface area (Å²) in [5.41, 5.74) is 0.877. The molecular weight excluding hydrogens is 334 g/mol. The van der Waals surface area contributed by atoms with Crippen LogP contribution < -0.4 is 4.72 Å². The highest BCUT2D eigenvalue weighted by molar-refractivity contribution is 7.90. The number of benzene rings is 1. The first-order chi connectivity index (χ1) is 11.6. The number of morpholine rings is 2. The third kappa shape index (κ3) is 4.41. The molecule has 0 aromatic heterocycles. The van der Waals surface area contributed by atoms with Crippen molar-refractivity contribution in [3.05, 3.63) is 24.3 Å². The number of para-hydroxylation sites is 1. The highest BCUT2D eigenvalue weighted by Crippen LogP contribution is 2.26. The molecule has 2 aliphatic heterocycles. The van der Waals surface area contributed by atoms with Crippen LogP contribution in [0.2, 0.25) is 0 Å². The quantitative estimate of drug-likeness (QED) is 0.795. The van der Waals surface area contributed by atoms with Gasteiger partial charge in [-0.2, -0.15) is 12.7 Å². The van der Waals surface area contributed by atoms with E-state index in [4.69, 9.17) is 9.47 Å². The minimum absolute atomic E-state index is 0.340. The lowest BCUT2D eigenvalue weighted by Gasteiger charge is -2.26. The van der Waals surface area contributed by atoms with E-state index in [0.717, 1.165) is 0 Å². The van der Waals surface area contributed by atoms with Crippen LogP contribution in [0.3, 0.4) is 0 Å². The Bertz CT molecular complexity index is 669. The van der Waals surface area contributed by atoms with Gasteiger partial charge in [-0.1, -0.05) is 17.4 Å². The standard InChI is InChI=1S/C14H21N5O4S/c20-24(21,19-7-11-23-12-8-19)16-14-4-2-1-3-13(14)15-17-18-5-9-22-10-6-18/h1-4,16H,5-12H2. The van der Waals surface area contributed by atoms with Crippen LogP contribution in [-0.4, -0.2) is 70.3 Å². The van der Waals surface area contributed by atoms with Crippen molar-refractivity contribution in [3.63, 3.8) is 0 Å². The van der Waals surface area contributed by atoms with E-state index in [9.17, 15) is 8.42 Å². The zero-order valence-corrected chi connectivity index (χ0v) is 14.1. The Kier molecular flexibility index (Phi) is 5.61. The van der Waals surface area contributed by atoms with Crippen molar-refractivity contribution in [1.82, 2.24) is 9.31 Å². The van der Waals surface area contributed by atoms with Gasteiger partial charge < -0.3 is 9.47 Å². The van der Waals surface area contributed by atoms with Gasteiger partial charge in [0.25, 0.3) is 0 Å². The molecule has 0 radical (unpaired) electrons. The molecule has 0 unspecified atom stereocenters. The second-order valence-electron chi connectivity index (χ2n) is 5.39. The van der Waals surface area contributed by atoms with E-state index in [-0.39, 0.29) is 0 Å². The van der Waals surface area contributed by atoms with Crippen LogP contribution in [0.15, 0.2) is 34.6 Å². The first-order valence-electron chi connectivity index (χ1n) is 7.84. The highest BCUT2D eigenvalue weighted by Gasteiger charge is 2.24. The molecule has 132 valence electrons. The molecule has 0 bridgehead atoms. The monoisotopic (exact) mass is 355 g/mol. The molecule has 24 heavy (non-hydrogen) atoms. The SMILES string of the molecule is O=S(=O)(Nc1ccccc1N=NN1CCOCC1)N1CCOCC1. The van der Waals surface area contributed by atoms with Gasteiger partial charge >= 0.3 is 10.2 Å². The summed E-state index contributed by atoms with van der Waals surface area (Å²) in [6.45, 7) is 4.06. The summed E-state index contributed by atoms with van der Waals surface area (Å²) in [5, 5.41) is 10.2. The number of ether oxygens (including phenoxy) is 2. The van der Waals surface area contributed by atoms with Crippen LogP contribution in [0.1, 0.15) is 0 Å². The summed E-state index contributed by atoms with van der Waals surface area (Å²) in [6, 6.07) is 6.94. The molecule has 1 aromatic rings. The van der Waals surface area contributed by atoms with Gasteiger partial charge in [0, 0.05) is 13.1 Å². The molecule has 0 spiro atoms. The molecule has 2 aliphatic rings. The van der Waals surface area contributed by atoms with Crippen molar-refractivity contribution in [2.45, 2.75) is 0 Å². The molecule has 0 amide bonds. The maximum Gasteiger partial charge on any atom is 0.301 e. The second-order valence-corrected chi connectivity index (χ2v) is 7.06. The van der Waals surface area contributed by atoms with E-state index in [2.05, 4.69) is 15.1 Å². The van der Waals surface area contributed by atoms with Crippen LogP contribution in [0.5, 0.6) is 0 Å². The van der Waals surface area contributed by atoms with E-state index in [0.29, 0.717) is 64.0 Å². The maximum atomic E-state index is 12.5. The number of nitrogens with zero attached hydrogens (tertiary/aromatic N) is 4. The van der Waals surface area contributed by atoms with Gasteiger partial charge in [-0.25, -0.2) is 0 Å². The minimum atomic E-state index is -3.63. The Morgan fingerprint density at radius 2 is 1.58 bits per heavy atom. The van der Waals surface area contributed by atoms with Crippen LogP contribution >= 0.6 is 0 Å². The Balaban J connectivity index is 1.72. The van der Waals surface area contributed by atoms with E-state index >= 15 is 0 Å². The van der Waals surface area contributed by atoms with E-state index in [1.807, 2.05) is 0 Å². The number of anilines is 1. The summed E-state index contributed by atoms with van der Waals surface area (Å²) < 4.78 is 39.4. The van der Waals surface area contributed by atoms with E-state index in [1.165, 1.54) is 4.31 Å². The Hall–Kier alpha value is -1.75. The van der Waals surface area contributed by atoms with Crippen molar-refractivity contribution in [1.29, 1.82) is 0 Å². The van der Waals surface area contributed by atoms with Crippen LogP contribution in [-0.2, 0) is 19.7 Å². The molecular formula is C14H21N5O4S. The van der Waals surface area contributed by atoms with Gasteiger partial charge in [0.05, 0.1) is 45.2 Å². The summed E-state index contributed by atoms with van der Waals surface area (Å²) in [6.07, 6.45) is 0. The van der Waals surface area contributed by atoms with Crippen molar-refractivity contribution in [2.24, 2.45) is 10.3 Å². The molecule has 10 heteroatoms. The van der Waals surface area contributed by atoms with Gasteiger partial charge in [-0.05, 0) is 12.1 Å². The molecule has 0 atom stereocenters. The third-order valence-corrected chi connectivity index (χ3v) is 5.24. The first-order valence-corrected chi connectivity index (χ1v) is 9.28. The fourth-order valence-electron chi connectivity index (χ4n) is 2.39. The zero-order valence-electron chi connectivity index (χ0n) is 13.3. The largest absolute Gasteiger partial charge is 0.379 e. The first kappa shape index (κ1) is 17.1. The number of nitrogens with one attached hydrogen (secondary N) is 1. The van der Waals surface area contributed by atoms with Crippen molar-refractivity contribution >= 4 is 21.6 Å². The fourth-order valence-corrected chi connectivity index (χ4v) is 3.60. The minimum Gasteiger partial charge on any atom is -0.379 e. The summed E-state index contributed by atoms with van der Waals surface area (Å²) in [7, 11) is -3.63. The second kappa shape index (κ2) is 7.88. The van der Waals surface area contributed by atoms with Crippen molar-refractivity contribution < 1.29 is 17.9 Å². The van der Waals surface area contributed by atoms with Gasteiger partial charge in [0.2, 0.25) is 0 Å². The number of hydrogen-bond acceptors (Lipinski definition) is 6. The number of hydrogen-bond donors (Lipinski definition) is 1. The van der Waals surface area contributed by atoms with E-state index < -0.39 is 10.2 Å². The van der Waals surface area contributed by atoms with Crippen LogP contribution in [0.25, 0.3) is 0 Å². The van der Waals surface area contributed by atoms with Gasteiger partial charge in [-0.15, -0.1) is 5.11 Å². The summed E-state index contributed by atoms with van der Waals surface area (Å²) in [5.74, 6) is 0. The molecule has 2 saturated heterocycles. The zero-order chi connectivity index (χ0) is 16.8. The van der Waals surface area contributed by atoms with Crippen LogP contribution in [0.4, 0.5) is 11.4 Å². The number of rotatable bonds is 5. The molecule has 3 rings (SSSR count). The Labute approximate surface area is 141 Å². The average Bonchev–Trinajstić information content (AvgIpc) is 2.62. The predicted molar refractivity (Wildman–Crippen MR) is 88.3 cm³/mol. The Morgan fingerprint density at radius 3 is 2.29 bits per heavy atom.